The number of hydrogen-bond donors (Lipinski definition) is 2. The van der Waals surface area contributed by atoms with Gasteiger partial charge in [-0.3, -0.25) is 4.79 Å². The molecule has 1 fully saturated rings. The van der Waals surface area contributed by atoms with Gasteiger partial charge in [0.05, 0.1) is 0 Å². The van der Waals surface area contributed by atoms with Gasteiger partial charge >= 0.3 is 5.97 Å². The zero-order valence-electron chi connectivity index (χ0n) is 7.88. The summed E-state index contributed by atoms with van der Waals surface area (Å²) in [7, 11) is 0. The van der Waals surface area contributed by atoms with Gasteiger partial charge in [-0.05, 0) is 38.6 Å². The lowest BCUT2D eigenvalue weighted by atomic mass is 9.91. The molecule has 74 valence electrons. The third kappa shape index (κ3) is 2.31. The number of unbranched alkanes of at least 4 members (excludes halogenated alkanes) is 1. The quantitative estimate of drug-likeness (QED) is 0.502. The van der Waals surface area contributed by atoms with Gasteiger partial charge in [0, 0.05) is 0 Å². The van der Waals surface area contributed by atoms with Gasteiger partial charge in [0.15, 0.2) is 0 Å². The van der Waals surface area contributed by atoms with Crippen molar-refractivity contribution in [2.45, 2.75) is 37.6 Å². The monoisotopic (exact) mass is 183 g/mol. The number of aliphatic carboxylic acids is 1. The maximum atomic E-state index is 11.0. The van der Waals surface area contributed by atoms with Crippen LogP contribution in [0.15, 0.2) is 12.7 Å². The van der Waals surface area contributed by atoms with E-state index in [9.17, 15) is 4.79 Å². The SMILES string of the molecule is C=CCCCC1(C(=O)O)CCCN1. The minimum absolute atomic E-state index is 0.636. The molecule has 13 heavy (non-hydrogen) atoms. The van der Waals surface area contributed by atoms with Crippen molar-refractivity contribution in [2.75, 3.05) is 6.54 Å². The number of rotatable bonds is 5. The van der Waals surface area contributed by atoms with Crippen LogP contribution in [0.5, 0.6) is 0 Å². The van der Waals surface area contributed by atoms with Crippen LogP contribution >= 0.6 is 0 Å². The van der Waals surface area contributed by atoms with E-state index in [1.54, 1.807) is 0 Å². The molecule has 0 bridgehead atoms. The van der Waals surface area contributed by atoms with Crippen LogP contribution in [0.25, 0.3) is 0 Å². The van der Waals surface area contributed by atoms with Crippen molar-refractivity contribution in [2.24, 2.45) is 0 Å². The molecule has 1 rings (SSSR count). The van der Waals surface area contributed by atoms with E-state index in [0.29, 0.717) is 6.42 Å². The highest BCUT2D eigenvalue weighted by atomic mass is 16.4. The first-order valence-corrected chi connectivity index (χ1v) is 4.80. The first-order valence-electron chi connectivity index (χ1n) is 4.80. The summed E-state index contributed by atoms with van der Waals surface area (Å²) in [5.41, 5.74) is -0.636. The third-order valence-electron chi connectivity index (χ3n) is 2.66. The Kier molecular flexibility index (Phi) is 3.48. The van der Waals surface area contributed by atoms with Crippen molar-refractivity contribution in [1.29, 1.82) is 0 Å². The molecule has 1 heterocycles. The summed E-state index contributed by atoms with van der Waals surface area (Å²) >= 11 is 0. The van der Waals surface area contributed by atoms with Gasteiger partial charge in [-0.1, -0.05) is 6.08 Å². The maximum absolute atomic E-state index is 11.0. The fourth-order valence-corrected chi connectivity index (χ4v) is 1.86. The lowest BCUT2D eigenvalue weighted by Crippen LogP contribution is -2.47. The Hall–Kier alpha value is -0.830. The summed E-state index contributed by atoms with van der Waals surface area (Å²) in [6, 6.07) is 0. The molecule has 0 aromatic rings. The van der Waals surface area contributed by atoms with E-state index in [1.165, 1.54) is 0 Å². The molecule has 3 heteroatoms. The molecule has 0 amide bonds. The number of carboxylic acids is 1. The predicted octanol–water partition coefficient (Wildman–Crippen LogP) is 1.55. The molecular weight excluding hydrogens is 166 g/mol. The van der Waals surface area contributed by atoms with E-state index in [0.717, 1.165) is 32.2 Å². The van der Waals surface area contributed by atoms with Crippen LogP contribution in [0.2, 0.25) is 0 Å². The third-order valence-corrected chi connectivity index (χ3v) is 2.66. The Balaban J connectivity index is 2.47. The molecule has 1 unspecified atom stereocenters. The van der Waals surface area contributed by atoms with Crippen LogP contribution in [0.1, 0.15) is 32.1 Å². The first kappa shape index (κ1) is 10.3. The molecule has 0 aliphatic carbocycles. The molecule has 0 radical (unpaired) electrons. The Labute approximate surface area is 78.8 Å². The summed E-state index contributed by atoms with van der Waals surface area (Å²) in [5, 5.41) is 12.2. The van der Waals surface area contributed by atoms with Gasteiger partial charge in [-0.15, -0.1) is 6.58 Å². The molecule has 0 aromatic heterocycles. The average molecular weight is 183 g/mol. The summed E-state index contributed by atoms with van der Waals surface area (Å²) in [6.07, 6.45) is 6.10. The highest BCUT2D eigenvalue weighted by Gasteiger charge is 2.39. The van der Waals surface area contributed by atoms with Gasteiger partial charge in [0.25, 0.3) is 0 Å². The summed E-state index contributed by atoms with van der Waals surface area (Å²) in [4.78, 5) is 11.0. The second kappa shape index (κ2) is 4.42. The van der Waals surface area contributed by atoms with Crippen molar-refractivity contribution in [3.63, 3.8) is 0 Å². The van der Waals surface area contributed by atoms with Gasteiger partial charge < -0.3 is 10.4 Å². The van der Waals surface area contributed by atoms with Gasteiger partial charge in [0.2, 0.25) is 0 Å². The molecular formula is C10H17NO2. The topological polar surface area (TPSA) is 49.3 Å². The van der Waals surface area contributed by atoms with E-state index in [-0.39, 0.29) is 0 Å². The zero-order valence-corrected chi connectivity index (χ0v) is 7.88. The lowest BCUT2D eigenvalue weighted by molar-refractivity contribution is -0.144. The van der Waals surface area contributed by atoms with Crippen LogP contribution in [-0.2, 0) is 4.79 Å². The van der Waals surface area contributed by atoms with Crippen LogP contribution in [-0.4, -0.2) is 23.2 Å². The highest BCUT2D eigenvalue weighted by molar-refractivity contribution is 5.79. The molecule has 1 atom stereocenters. The minimum Gasteiger partial charge on any atom is -0.480 e. The fraction of sp³-hybridized carbons (Fsp3) is 0.700. The fourth-order valence-electron chi connectivity index (χ4n) is 1.86. The number of hydrogen-bond acceptors (Lipinski definition) is 2. The summed E-state index contributed by atoms with van der Waals surface area (Å²) in [5.74, 6) is -0.700. The smallest absolute Gasteiger partial charge is 0.323 e. The largest absolute Gasteiger partial charge is 0.480 e. The van der Waals surface area contributed by atoms with Crippen molar-refractivity contribution in [1.82, 2.24) is 5.32 Å². The number of carbonyl (C=O) groups is 1. The molecule has 3 nitrogen and oxygen atoms in total. The van der Waals surface area contributed by atoms with E-state index < -0.39 is 11.5 Å². The van der Waals surface area contributed by atoms with Gasteiger partial charge in [0.1, 0.15) is 5.54 Å². The average Bonchev–Trinajstić information content (AvgIpc) is 2.55. The second-order valence-electron chi connectivity index (χ2n) is 3.60. The second-order valence-corrected chi connectivity index (χ2v) is 3.60. The Morgan fingerprint density at radius 1 is 1.69 bits per heavy atom. The van der Waals surface area contributed by atoms with Crippen molar-refractivity contribution < 1.29 is 9.90 Å². The maximum Gasteiger partial charge on any atom is 0.323 e. The standard InChI is InChI=1S/C10H17NO2/c1-2-3-4-6-10(9(12)13)7-5-8-11-10/h2,11H,1,3-8H2,(H,12,13). The van der Waals surface area contributed by atoms with E-state index >= 15 is 0 Å². The molecule has 1 aliphatic heterocycles. The van der Waals surface area contributed by atoms with E-state index in [2.05, 4.69) is 11.9 Å². The van der Waals surface area contributed by atoms with Crippen molar-refractivity contribution >= 4 is 5.97 Å². The van der Waals surface area contributed by atoms with E-state index in [4.69, 9.17) is 5.11 Å². The van der Waals surface area contributed by atoms with Crippen molar-refractivity contribution in [3.05, 3.63) is 12.7 Å². The molecule has 0 aromatic carbocycles. The van der Waals surface area contributed by atoms with Crippen molar-refractivity contribution in [3.8, 4) is 0 Å². The Bertz CT molecular complexity index is 195. The van der Waals surface area contributed by atoms with Gasteiger partial charge in [-0.2, -0.15) is 0 Å². The molecule has 1 saturated heterocycles. The van der Waals surface area contributed by atoms with Crippen LogP contribution in [0.4, 0.5) is 0 Å². The van der Waals surface area contributed by atoms with E-state index in [1.807, 2.05) is 6.08 Å². The highest BCUT2D eigenvalue weighted by Crippen LogP contribution is 2.25. The minimum atomic E-state index is -0.700. The normalized spacial score (nSPS) is 27.4. The number of carboxylic acid groups (broad SMARTS) is 1. The molecule has 2 N–H and O–H groups in total. The molecule has 1 aliphatic rings. The Morgan fingerprint density at radius 2 is 2.46 bits per heavy atom. The number of allylic oxidation sites excluding steroid dienone is 1. The van der Waals surface area contributed by atoms with Crippen LogP contribution in [0, 0.1) is 0 Å². The summed E-state index contributed by atoms with van der Waals surface area (Å²) in [6.45, 7) is 4.46. The van der Waals surface area contributed by atoms with Crippen LogP contribution < -0.4 is 5.32 Å². The predicted molar refractivity (Wildman–Crippen MR) is 51.7 cm³/mol. The Morgan fingerprint density at radius 3 is 2.92 bits per heavy atom. The first-order chi connectivity index (χ1) is 6.21. The molecule has 0 spiro atoms. The lowest BCUT2D eigenvalue weighted by Gasteiger charge is -2.23. The van der Waals surface area contributed by atoms with Gasteiger partial charge in [-0.25, -0.2) is 0 Å². The van der Waals surface area contributed by atoms with Crippen LogP contribution in [0.3, 0.4) is 0 Å². The summed E-state index contributed by atoms with van der Waals surface area (Å²) < 4.78 is 0. The molecule has 0 saturated carbocycles. The number of nitrogens with one attached hydrogen (secondary N) is 1. The zero-order chi connectivity index (χ0) is 9.73.